The molecule has 0 saturated heterocycles. The summed E-state index contributed by atoms with van der Waals surface area (Å²) in [4.78, 5) is 3.31. The molecule has 80 valence electrons. The number of hydrogen-bond acceptors (Lipinski definition) is 4. The van der Waals surface area contributed by atoms with Crippen molar-refractivity contribution < 1.29 is 17.9 Å². The lowest BCUT2D eigenvalue weighted by molar-refractivity contribution is -0.276. The molecule has 0 unspecified atom stereocenters. The number of halogens is 4. The molecule has 15 heavy (non-hydrogen) atoms. The number of rotatable bonds is 1. The zero-order valence-corrected chi connectivity index (χ0v) is 8.56. The first-order chi connectivity index (χ1) is 6.83. The average Bonchev–Trinajstić information content (AvgIpc) is 2.08. The molecule has 1 aromatic heterocycles. The van der Waals surface area contributed by atoms with Crippen molar-refractivity contribution in [3.63, 3.8) is 0 Å². The molecule has 0 fully saturated rings. The molecular formula is C7H3BrF3N3O. The van der Waals surface area contributed by atoms with E-state index in [-0.39, 0.29) is 15.9 Å². The van der Waals surface area contributed by atoms with Gasteiger partial charge in [-0.15, -0.1) is 13.2 Å². The Hall–Kier alpha value is -1.49. The largest absolute Gasteiger partial charge is 0.574 e. The lowest BCUT2D eigenvalue weighted by atomic mass is 10.3. The van der Waals surface area contributed by atoms with Crippen molar-refractivity contribution >= 4 is 21.6 Å². The highest BCUT2D eigenvalue weighted by atomic mass is 79.9. The molecule has 0 aromatic carbocycles. The molecule has 0 aliphatic heterocycles. The van der Waals surface area contributed by atoms with Crippen LogP contribution in [0.3, 0.4) is 0 Å². The van der Waals surface area contributed by atoms with Gasteiger partial charge in [-0.1, -0.05) is 0 Å². The van der Waals surface area contributed by atoms with E-state index in [9.17, 15) is 13.2 Å². The van der Waals surface area contributed by atoms with Crippen LogP contribution in [0.25, 0.3) is 0 Å². The summed E-state index contributed by atoms with van der Waals surface area (Å²) in [5.74, 6) is -0.764. The number of aromatic nitrogens is 1. The van der Waals surface area contributed by atoms with Crippen molar-refractivity contribution in [2.24, 2.45) is 0 Å². The Bertz CT molecular complexity index is 427. The maximum Gasteiger partial charge on any atom is 0.574 e. The van der Waals surface area contributed by atoms with Gasteiger partial charge in [-0.05, 0) is 15.9 Å². The van der Waals surface area contributed by atoms with Crippen molar-refractivity contribution in [3.05, 3.63) is 16.2 Å². The van der Waals surface area contributed by atoms with Crippen LogP contribution in [0.15, 0.2) is 10.5 Å². The quantitative estimate of drug-likeness (QED) is 0.857. The topological polar surface area (TPSA) is 71.9 Å². The molecule has 0 aliphatic rings. The van der Waals surface area contributed by atoms with Crippen molar-refractivity contribution in [3.8, 4) is 11.9 Å². The number of hydrogen-bond donors (Lipinski definition) is 1. The van der Waals surface area contributed by atoms with Crippen molar-refractivity contribution in [2.75, 3.05) is 5.73 Å². The third kappa shape index (κ3) is 2.99. The predicted molar refractivity (Wildman–Crippen MR) is 47.7 cm³/mol. The number of nitriles is 1. The Labute approximate surface area is 90.6 Å². The highest BCUT2D eigenvalue weighted by molar-refractivity contribution is 9.10. The summed E-state index contributed by atoms with van der Waals surface area (Å²) >= 11 is 2.91. The SMILES string of the molecule is N#Cc1nc(OC(F)(F)F)cc(N)c1Br. The summed E-state index contributed by atoms with van der Waals surface area (Å²) in [5.41, 5.74) is 5.01. The van der Waals surface area contributed by atoms with Crippen LogP contribution in [0.2, 0.25) is 0 Å². The fourth-order valence-electron chi connectivity index (χ4n) is 0.770. The Balaban J connectivity index is 3.13. The van der Waals surface area contributed by atoms with E-state index >= 15 is 0 Å². The van der Waals surface area contributed by atoms with Gasteiger partial charge in [0.25, 0.3) is 0 Å². The van der Waals surface area contributed by atoms with Gasteiger partial charge in [-0.3, -0.25) is 0 Å². The zero-order valence-electron chi connectivity index (χ0n) is 6.97. The van der Waals surface area contributed by atoms with Crippen molar-refractivity contribution in [2.45, 2.75) is 6.36 Å². The molecule has 0 spiro atoms. The lowest BCUT2D eigenvalue weighted by Crippen LogP contribution is -2.18. The summed E-state index contributed by atoms with van der Waals surface area (Å²) < 4.78 is 39.1. The fourth-order valence-corrected chi connectivity index (χ4v) is 1.06. The Morgan fingerprint density at radius 1 is 1.53 bits per heavy atom. The first kappa shape index (κ1) is 11.6. The van der Waals surface area contributed by atoms with Gasteiger partial charge in [-0.2, -0.15) is 5.26 Å². The molecule has 0 atom stereocenters. The second-order valence-electron chi connectivity index (χ2n) is 2.37. The summed E-state index contributed by atoms with van der Waals surface area (Å²) in [7, 11) is 0. The van der Waals surface area contributed by atoms with Gasteiger partial charge in [0, 0.05) is 6.07 Å². The molecular weight excluding hydrogens is 279 g/mol. The number of alkyl halides is 3. The normalized spacial score (nSPS) is 10.9. The molecule has 0 radical (unpaired) electrons. The molecule has 4 nitrogen and oxygen atoms in total. The van der Waals surface area contributed by atoms with Crippen LogP contribution in [0.1, 0.15) is 5.69 Å². The van der Waals surface area contributed by atoms with Gasteiger partial charge < -0.3 is 10.5 Å². The first-order valence-electron chi connectivity index (χ1n) is 3.45. The van der Waals surface area contributed by atoms with Crippen LogP contribution in [0.4, 0.5) is 18.9 Å². The minimum Gasteiger partial charge on any atom is -0.398 e. The lowest BCUT2D eigenvalue weighted by Gasteiger charge is -2.09. The number of nitrogen functional groups attached to an aromatic ring is 1. The van der Waals surface area contributed by atoms with E-state index in [1.165, 1.54) is 0 Å². The fraction of sp³-hybridized carbons (Fsp3) is 0.143. The third-order valence-corrected chi connectivity index (χ3v) is 2.12. The molecule has 0 bridgehead atoms. The summed E-state index contributed by atoms with van der Waals surface area (Å²) in [5, 5.41) is 8.53. The molecule has 1 rings (SSSR count). The van der Waals surface area contributed by atoms with E-state index in [1.54, 1.807) is 6.07 Å². The Morgan fingerprint density at radius 3 is 2.60 bits per heavy atom. The first-order valence-corrected chi connectivity index (χ1v) is 4.24. The number of nitrogens with two attached hydrogens (primary N) is 1. The van der Waals surface area contributed by atoms with E-state index < -0.39 is 12.2 Å². The second kappa shape index (κ2) is 3.94. The zero-order chi connectivity index (χ0) is 11.6. The van der Waals surface area contributed by atoms with E-state index in [0.717, 1.165) is 6.07 Å². The van der Waals surface area contributed by atoms with Gasteiger partial charge in [0.2, 0.25) is 5.88 Å². The summed E-state index contributed by atoms with van der Waals surface area (Å²) in [6.07, 6.45) is -4.86. The number of anilines is 1. The monoisotopic (exact) mass is 281 g/mol. The molecule has 0 aliphatic carbocycles. The standard InChI is InChI=1S/C7H3BrF3N3O/c8-6-3(13)1-5(14-4(6)2-12)15-7(9,10)11/h1H,(H2,13,14). The van der Waals surface area contributed by atoms with Crippen molar-refractivity contribution in [1.82, 2.24) is 4.98 Å². The van der Waals surface area contributed by atoms with Gasteiger partial charge >= 0.3 is 6.36 Å². The predicted octanol–water partition coefficient (Wildman–Crippen LogP) is 2.20. The van der Waals surface area contributed by atoms with E-state index in [2.05, 4.69) is 25.7 Å². The van der Waals surface area contributed by atoms with Crippen LogP contribution >= 0.6 is 15.9 Å². The Kier molecular flexibility index (Phi) is 3.04. The minimum absolute atomic E-state index is 0.0548. The smallest absolute Gasteiger partial charge is 0.398 e. The van der Waals surface area contributed by atoms with Gasteiger partial charge in [0.05, 0.1) is 10.2 Å². The van der Waals surface area contributed by atoms with Gasteiger partial charge in [-0.25, -0.2) is 4.98 Å². The Morgan fingerprint density at radius 2 is 2.13 bits per heavy atom. The molecule has 1 aromatic rings. The highest BCUT2D eigenvalue weighted by Gasteiger charge is 2.32. The van der Waals surface area contributed by atoms with Gasteiger partial charge in [0.15, 0.2) is 5.69 Å². The summed E-state index contributed by atoms with van der Waals surface area (Å²) in [6.45, 7) is 0. The van der Waals surface area contributed by atoms with E-state index in [0.29, 0.717) is 0 Å². The number of ether oxygens (including phenoxy) is 1. The third-order valence-electron chi connectivity index (χ3n) is 1.29. The number of nitrogens with zero attached hydrogens (tertiary/aromatic N) is 2. The van der Waals surface area contributed by atoms with Crippen LogP contribution in [-0.4, -0.2) is 11.3 Å². The van der Waals surface area contributed by atoms with Crippen LogP contribution in [0, 0.1) is 11.3 Å². The highest BCUT2D eigenvalue weighted by Crippen LogP contribution is 2.28. The second-order valence-corrected chi connectivity index (χ2v) is 3.16. The van der Waals surface area contributed by atoms with Crippen LogP contribution < -0.4 is 10.5 Å². The molecule has 0 saturated carbocycles. The molecule has 1 heterocycles. The van der Waals surface area contributed by atoms with Crippen LogP contribution in [0.5, 0.6) is 5.88 Å². The average molecular weight is 282 g/mol. The van der Waals surface area contributed by atoms with Gasteiger partial charge in [0.1, 0.15) is 6.07 Å². The molecule has 2 N–H and O–H groups in total. The number of pyridine rings is 1. The maximum atomic E-state index is 11.8. The van der Waals surface area contributed by atoms with Crippen molar-refractivity contribution in [1.29, 1.82) is 5.26 Å². The molecule has 0 amide bonds. The van der Waals surface area contributed by atoms with Crippen LogP contribution in [-0.2, 0) is 0 Å². The minimum atomic E-state index is -4.86. The summed E-state index contributed by atoms with van der Waals surface area (Å²) in [6, 6.07) is 2.45. The van der Waals surface area contributed by atoms with E-state index in [4.69, 9.17) is 11.0 Å². The van der Waals surface area contributed by atoms with E-state index in [1.807, 2.05) is 0 Å². The molecule has 8 heteroatoms. The maximum absolute atomic E-state index is 11.8.